The van der Waals surface area contributed by atoms with Crippen LogP contribution in [0.1, 0.15) is 27.2 Å². The predicted molar refractivity (Wildman–Crippen MR) is 90.9 cm³/mol. The number of alkyl halides is 19. The van der Waals surface area contributed by atoms with Gasteiger partial charge in [-0.3, -0.25) is 0 Å². The van der Waals surface area contributed by atoms with Gasteiger partial charge in [-0.15, -0.1) is 0 Å². The fourth-order valence-corrected chi connectivity index (χ4v) is 5.17. The lowest BCUT2D eigenvalue weighted by Gasteiger charge is -2.43. The molecule has 0 aliphatic heterocycles. The zero-order valence-corrected chi connectivity index (χ0v) is 20.2. The number of hydrogen-bond acceptors (Lipinski definition) is 3. The highest BCUT2D eigenvalue weighted by Gasteiger charge is 2.95. The van der Waals surface area contributed by atoms with Crippen LogP contribution in [0.5, 0.6) is 0 Å². The van der Waals surface area contributed by atoms with E-state index in [0.717, 1.165) is 20.8 Å². The summed E-state index contributed by atoms with van der Waals surface area (Å²) in [6.45, 7) is -0.158. The van der Waals surface area contributed by atoms with E-state index in [-0.39, 0.29) is 0 Å². The van der Waals surface area contributed by atoms with E-state index in [9.17, 15) is 83.4 Å². The van der Waals surface area contributed by atoms with Gasteiger partial charge in [0.1, 0.15) is 0 Å². The van der Waals surface area contributed by atoms with Crippen molar-refractivity contribution in [3.8, 4) is 0 Å². The van der Waals surface area contributed by atoms with Crippen LogP contribution in [0, 0.1) is 0 Å². The smallest absolute Gasteiger partial charge is 0.370 e. The Morgan fingerprint density at radius 3 is 0.923 bits per heavy atom. The molecule has 3 nitrogen and oxygen atoms in total. The van der Waals surface area contributed by atoms with E-state index in [0.29, 0.717) is 0 Å². The molecule has 0 aliphatic rings. The van der Waals surface area contributed by atoms with Crippen LogP contribution in [-0.4, -0.2) is 81.8 Å². The molecule has 39 heavy (non-hydrogen) atoms. The second-order valence-corrected chi connectivity index (χ2v) is 10.1. The maximum atomic E-state index is 14.7. The third-order valence-corrected chi connectivity index (χ3v) is 7.76. The summed E-state index contributed by atoms with van der Waals surface area (Å²) >= 11 is 0. The molecule has 0 radical (unpaired) electrons. The minimum Gasteiger partial charge on any atom is -0.370 e. The molecular formula is C16H17F19O3Si. The molecule has 0 spiro atoms. The van der Waals surface area contributed by atoms with Crippen LogP contribution in [0.2, 0.25) is 0 Å². The predicted octanol–water partition coefficient (Wildman–Crippen LogP) is 7.61. The van der Waals surface area contributed by atoms with Gasteiger partial charge in [0.05, 0.1) is 6.42 Å². The summed E-state index contributed by atoms with van der Waals surface area (Å²) in [6, 6.07) is 0. The molecule has 0 N–H and O–H groups in total. The third kappa shape index (κ3) is 5.64. The van der Waals surface area contributed by atoms with E-state index in [2.05, 4.69) is 13.3 Å². The second-order valence-electron chi connectivity index (χ2n) is 7.39. The average molecular weight is 646 g/mol. The van der Waals surface area contributed by atoms with Crippen LogP contribution < -0.4 is 0 Å². The van der Waals surface area contributed by atoms with Crippen LogP contribution in [0.15, 0.2) is 0 Å². The molecule has 0 unspecified atom stereocenters. The van der Waals surface area contributed by atoms with Crippen LogP contribution >= 0.6 is 0 Å². The summed E-state index contributed by atoms with van der Waals surface area (Å²) in [7, 11) is -6.00. The van der Waals surface area contributed by atoms with Crippen molar-refractivity contribution in [2.75, 3.05) is 19.8 Å². The van der Waals surface area contributed by atoms with Gasteiger partial charge < -0.3 is 13.3 Å². The first-order valence-corrected chi connectivity index (χ1v) is 11.6. The number of halogens is 19. The first-order chi connectivity index (χ1) is 16.9. The van der Waals surface area contributed by atoms with Gasteiger partial charge in [0.25, 0.3) is 0 Å². The summed E-state index contributed by atoms with van der Waals surface area (Å²) in [5.41, 5.74) is -5.65. The highest BCUT2D eigenvalue weighted by atomic mass is 28.4. The van der Waals surface area contributed by atoms with E-state index >= 15 is 0 Å². The Hall–Kier alpha value is -1.23. The highest BCUT2D eigenvalue weighted by Crippen LogP contribution is 2.64. The zero-order valence-electron chi connectivity index (χ0n) is 19.2. The van der Waals surface area contributed by atoms with E-state index in [4.69, 9.17) is 0 Å². The van der Waals surface area contributed by atoms with Crippen molar-refractivity contribution >= 4 is 8.80 Å². The van der Waals surface area contributed by atoms with Crippen molar-refractivity contribution in [2.45, 2.75) is 80.4 Å². The van der Waals surface area contributed by atoms with Crippen molar-refractivity contribution in [3.05, 3.63) is 0 Å². The largest absolute Gasteiger partial charge is 0.574 e. The third-order valence-electron chi connectivity index (χ3n) is 4.68. The van der Waals surface area contributed by atoms with Crippen molar-refractivity contribution in [1.29, 1.82) is 0 Å². The topological polar surface area (TPSA) is 27.7 Å². The van der Waals surface area contributed by atoms with Gasteiger partial charge in [-0.25, -0.2) is 8.78 Å². The minimum absolute atomic E-state index is 0.871. The van der Waals surface area contributed by atoms with E-state index in [1.165, 1.54) is 0 Å². The minimum atomic E-state index is -8.87. The standard InChI is InChI=1S/C16H17F19O3Si/c1-4-36-39(37-5-2,38-6-3)9(19,20)7-8(17,18)10(21,22)11(23,24)12(25,26)13(27,28)14(29,30)15(31,32)16(33,34)35/h4-7H2,1-3H3. The monoisotopic (exact) mass is 646 g/mol. The van der Waals surface area contributed by atoms with Crippen LogP contribution in [0.25, 0.3) is 0 Å². The van der Waals surface area contributed by atoms with Crippen molar-refractivity contribution in [2.24, 2.45) is 0 Å². The molecule has 23 heteroatoms. The second kappa shape index (κ2) is 10.9. The Bertz CT molecular complexity index is 809. The van der Waals surface area contributed by atoms with Gasteiger partial charge in [0, 0.05) is 19.8 Å². The number of rotatable bonds is 15. The summed E-state index contributed by atoms with van der Waals surface area (Å²) in [5.74, 6) is -59.0. The molecule has 0 aromatic rings. The van der Waals surface area contributed by atoms with E-state index in [1.54, 1.807) is 0 Å². The molecule has 0 fully saturated rings. The molecule has 0 aromatic carbocycles. The van der Waals surface area contributed by atoms with Gasteiger partial charge in [0.15, 0.2) is 0 Å². The number of hydrogen-bond donors (Lipinski definition) is 0. The summed E-state index contributed by atoms with van der Waals surface area (Å²) in [5, 5.41) is 0. The fourth-order valence-electron chi connectivity index (χ4n) is 2.71. The molecule has 0 amide bonds. The molecule has 0 aromatic heterocycles. The Morgan fingerprint density at radius 1 is 0.410 bits per heavy atom. The lowest BCUT2D eigenvalue weighted by atomic mass is 9.88. The maximum absolute atomic E-state index is 14.7. The van der Waals surface area contributed by atoms with Crippen molar-refractivity contribution in [3.63, 3.8) is 0 Å². The molecule has 0 saturated carbocycles. The lowest BCUT2D eigenvalue weighted by Crippen LogP contribution is -2.75. The van der Waals surface area contributed by atoms with Gasteiger partial charge >= 0.3 is 62.0 Å². The molecular weight excluding hydrogens is 629 g/mol. The maximum Gasteiger partial charge on any atom is 0.574 e. The van der Waals surface area contributed by atoms with Crippen LogP contribution in [-0.2, 0) is 13.3 Å². The van der Waals surface area contributed by atoms with Crippen LogP contribution in [0.3, 0.4) is 0 Å². The Labute approximate surface area is 206 Å². The quantitative estimate of drug-likeness (QED) is 0.136. The molecule has 236 valence electrons. The SMILES string of the molecule is CCO[Si](OCC)(OCC)C(F)(F)CC(F)(F)C(F)(F)C(F)(F)C(F)(F)C(F)(F)C(F)(F)C(F)(F)C(F)(F)F. The van der Waals surface area contributed by atoms with Gasteiger partial charge in [-0.05, 0) is 20.8 Å². The molecule has 0 aliphatic carbocycles. The average Bonchev–Trinajstić information content (AvgIpc) is 2.71. The Morgan fingerprint density at radius 2 is 0.667 bits per heavy atom. The summed E-state index contributed by atoms with van der Waals surface area (Å²) in [6.07, 6.45) is -11.9. The first kappa shape index (κ1) is 37.8. The van der Waals surface area contributed by atoms with Gasteiger partial charge in [-0.1, -0.05) is 0 Å². The van der Waals surface area contributed by atoms with Gasteiger partial charge in [-0.2, -0.15) is 74.6 Å². The normalized spacial score (nSPS) is 16.2. The fraction of sp³-hybridized carbons (Fsp3) is 1.00. The van der Waals surface area contributed by atoms with E-state index < -0.39 is 88.2 Å². The molecule has 0 bridgehead atoms. The zero-order chi connectivity index (χ0) is 31.9. The lowest BCUT2D eigenvalue weighted by molar-refractivity contribution is -0.462. The highest BCUT2D eigenvalue weighted by molar-refractivity contribution is 6.63. The van der Waals surface area contributed by atoms with Crippen molar-refractivity contribution in [1.82, 2.24) is 0 Å². The molecule has 0 rings (SSSR count). The Kier molecular flexibility index (Phi) is 10.5. The van der Waals surface area contributed by atoms with Crippen molar-refractivity contribution < 1.29 is 96.7 Å². The van der Waals surface area contributed by atoms with E-state index in [1.807, 2.05) is 0 Å². The molecule has 0 saturated heterocycles. The summed E-state index contributed by atoms with van der Waals surface area (Å²) < 4.78 is 269. The summed E-state index contributed by atoms with van der Waals surface area (Å²) in [4.78, 5) is 0. The van der Waals surface area contributed by atoms with Crippen LogP contribution in [0.4, 0.5) is 83.4 Å². The first-order valence-electron chi connectivity index (χ1n) is 9.90. The van der Waals surface area contributed by atoms with Gasteiger partial charge in [0.2, 0.25) is 0 Å². The molecule has 0 heterocycles. The molecule has 0 atom stereocenters. The Balaban J connectivity index is 6.93.